The standard InChI is InChI=1S/C17H17Cl2FN2O/c18-13-2-1-12(16(19)11-13)7-9-22-17(23)8-10-21-15-5-3-14(20)4-6-15/h1-6,11,21H,7-10H2,(H,22,23). The van der Waals surface area contributed by atoms with Gasteiger partial charge in [0.25, 0.3) is 0 Å². The summed E-state index contributed by atoms with van der Waals surface area (Å²) in [6.45, 7) is 0.996. The van der Waals surface area contributed by atoms with Crippen LogP contribution in [0.2, 0.25) is 10.0 Å². The summed E-state index contributed by atoms with van der Waals surface area (Å²) in [5, 5.41) is 7.09. The second-order valence-electron chi connectivity index (χ2n) is 5.02. The molecule has 0 saturated heterocycles. The molecule has 0 radical (unpaired) electrons. The topological polar surface area (TPSA) is 41.1 Å². The zero-order chi connectivity index (χ0) is 16.7. The number of carbonyl (C=O) groups excluding carboxylic acids is 1. The van der Waals surface area contributed by atoms with Crippen LogP contribution in [0.5, 0.6) is 0 Å². The molecule has 3 nitrogen and oxygen atoms in total. The first-order valence-electron chi connectivity index (χ1n) is 7.24. The summed E-state index contributed by atoms with van der Waals surface area (Å²) in [7, 11) is 0. The number of anilines is 1. The molecular formula is C17H17Cl2FN2O. The van der Waals surface area contributed by atoms with Crippen LogP contribution in [-0.2, 0) is 11.2 Å². The highest BCUT2D eigenvalue weighted by Crippen LogP contribution is 2.21. The Bertz CT molecular complexity index is 662. The van der Waals surface area contributed by atoms with Gasteiger partial charge in [-0.2, -0.15) is 0 Å². The maximum absolute atomic E-state index is 12.8. The van der Waals surface area contributed by atoms with Crippen LogP contribution in [0, 0.1) is 5.82 Å². The van der Waals surface area contributed by atoms with Crippen molar-refractivity contribution >= 4 is 34.8 Å². The van der Waals surface area contributed by atoms with Gasteiger partial charge in [0.05, 0.1) is 0 Å². The maximum Gasteiger partial charge on any atom is 0.221 e. The molecule has 2 aromatic rings. The molecule has 2 rings (SSSR count). The summed E-state index contributed by atoms with van der Waals surface area (Å²) < 4.78 is 12.8. The quantitative estimate of drug-likeness (QED) is 0.778. The summed E-state index contributed by atoms with van der Waals surface area (Å²) in [4.78, 5) is 11.8. The van der Waals surface area contributed by atoms with E-state index in [-0.39, 0.29) is 11.7 Å². The molecule has 0 aromatic heterocycles. The van der Waals surface area contributed by atoms with Gasteiger partial charge in [0.1, 0.15) is 5.82 Å². The van der Waals surface area contributed by atoms with Crippen molar-refractivity contribution in [3.8, 4) is 0 Å². The highest BCUT2D eigenvalue weighted by molar-refractivity contribution is 6.35. The van der Waals surface area contributed by atoms with E-state index in [0.717, 1.165) is 11.3 Å². The van der Waals surface area contributed by atoms with E-state index in [9.17, 15) is 9.18 Å². The Hall–Kier alpha value is -1.78. The second kappa shape index (κ2) is 8.75. The molecule has 0 atom stereocenters. The Morgan fingerprint density at radius 1 is 1.04 bits per heavy atom. The van der Waals surface area contributed by atoms with Crippen molar-refractivity contribution in [1.29, 1.82) is 0 Å². The van der Waals surface area contributed by atoms with E-state index in [4.69, 9.17) is 23.2 Å². The van der Waals surface area contributed by atoms with Crippen LogP contribution in [0.3, 0.4) is 0 Å². The predicted molar refractivity (Wildman–Crippen MR) is 92.7 cm³/mol. The van der Waals surface area contributed by atoms with E-state index in [1.54, 1.807) is 24.3 Å². The van der Waals surface area contributed by atoms with Crippen LogP contribution in [0.4, 0.5) is 10.1 Å². The SMILES string of the molecule is O=C(CCNc1ccc(F)cc1)NCCc1ccc(Cl)cc1Cl. The average Bonchev–Trinajstić information content (AvgIpc) is 2.51. The van der Waals surface area contributed by atoms with Crippen LogP contribution in [-0.4, -0.2) is 19.0 Å². The highest BCUT2D eigenvalue weighted by atomic mass is 35.5. The van der Waals surface area contributed by atoms with Gasteiger partial charge in [-0.25, -0.2) is 4.39 Å². The second-order valence-corrected chi connectivity index (χ2v) is 5.86. The zero-order valence-corrected chi connectivity index (χ0v) is 13.9. The first-order chi connectivity index (χ1) is 11.0. The molecule has 2 aromatic carbocycles. The third-order valence-electron chi connectivity index (χ3n) is 3.26. The van der Waals surface area contributed by atoms with Crippen molar-refractivity contribution in [3.05, 3.63) is 63.9 Å². The summed E-state index contributed by atoms with van der Waals surface area (Å²) in [6.07, 6.45) is 0.985. The molecule has 2 N–H and O–H groups in total. The van der Waals surface area contributed by atoms with Crippen molar-refractivity contribution in [1.82, 2.24) is 5.32 Å². The fourth-order valence-electron chi connectivity index (χ4n) is 2.04. The van der Waals surface area contributed by atoms with E-state index in [0.29, 0.717) is 36.0 Å². The van der Waals surface area contributed by atoms with Crippen molar-refractivity contribution in [2.24, 2.45) is 0 Å². The third kappa shape index (κ3) is 6.08. The molecule has 122 valence electrons. The Kier molecular flexibility index (Phi) is 6.68. The fourth-order valence-corrected chi connectivity index (χ4v) is 2.54. The number of nitrogens with one attached hydrogen (secondary N) is 2. The minimum Gasteiger partial charge on any atom is -0.385 e. The van der Waals surface area contributed by atoms with Crippen LogP contribution in [0.15, 0.2) is 42.5 Å². The number of hydrogen-bond donors (Lipinski definition) is 2. The van der Waals surface area contributed by atoms with Gasteiger partial charge in [-0.15, -0.1) is 0 Å². The van der Waals surface area contributed by atoms with Crippen LogP contribution < -0.4 is 10.6 Å². The molecule has 0 spiro atoms. The lowest BCUT2D eigenvalue weighted by atomic mass is 10.1. The molecule has 1 amide bonds. The Morgan fingerprint density at radius 3 is 2.48 bits per heavy atom. The fraction of sp³-hybridized carbons (Fsp3) is 0.235. The number of halogens is 3. The lowest BCUT2D eigenvalue weighted by Crippen LogP contribution is -2.27. The molecule has 0 aliphatic heterocycles. The van der Waals surface area contributed by atoms with E-state index < -0.39 is 0 Å². The molecule has 23 heavy (non-hydrogen) atoms. The van der Waals surface area contributed by atoms with E-state index in [1.807, 2.05) is 6.07 Å². The van der Waals surface area contributed by atoms with Crippen LogP contribution in [0.25, 0.3) is 0 Å². The van der Waals surface area contributed by atoms with Gasteiger partial charge in [0.15, 0.2) is 0 Å². The molecule has 0 unspecified atom stereocenters. The van der Waals surface area contributed by atoms with Crippen LogP contribution in [0.1, 0.15) is 12.0 Å². The summed E-state index contributed by atoms with van der Waals surface area (Å²) in [6, 6.07) is 11.3. The third-order valence-corrected chi connectivity index (χ3v) is 3.84. The lowest BCUT2D eigenvalue weighted by Gasteiger charge is -2.08. The number of amides is 1. The average molecular weight is 355 g/mol. The number of rotatable bonds is 7. The zero-order valence-electron chi connectivity index (χ0n) is 12.4. The number of hydrogen-bond acceptors (Lipinski definition) is 2. The Morgan fingerprint density at radius 2 is 1.78 bits per heavy atom. The predicted octanol–water partition coefficient (Wildman–Crippen LogP) is 4.29. The highest BCUT2D eigenvalue weighted by Gasteiger charge is 2.04. The van der Waals surface area contributed by atoms with Crippen molar-refractivity contribution in [2.75, 3.05) is 18.4 Å². The normalized spacial score (nSPS) is 10.4. The van der Waals surface area contributed by atoms with Gasteiger partial charge in [-0.3, -0.25) is 4.79 Å². The van der Waals surface area contributed by atoms with Gasteiger partial charge < -0.3 is 10.6 Å². The summed E-state index contributed by atoms with van der Waals surface area (Å²) in [5.41, 5.74) is 1.73. The molecule has 0 fully saturated rings. The van der Waals surface area contributed by atoms with E-state index in [1.165, 1.54) is 12.1 Å². The molecule has 6 heteroatoms. The molecule has 0 bridgehead atoms. The molecule has 0 heterocycles. The lowest BCUT2D eigenvalue weighted by molar-refractivity contribution is -0.120. The minimum atomic E-state index is -0.283. The molecular weight excluding hydrogens is 338 g/mol. The minimum absolute atomic E-state index is 0.0512. The van der Waals surface area contributed by atoms with Gasteiger partial charge in [0.2, 0.25) is 5.91 Å². The smallest absolute Gasteiger partial charge is 0.221 e. The molecule has 0 aliphatic carbocycles. The van der Waals surface area contributed by atoms with Gasteiger partial charge in [-0.1, -0.05) is 29.3 Å². The van der Waals surface area contributed by atoms with Gasteiger partial charge in [-0.05, 0) is 48.4 Å². The first kappa shape index (κ1) is 17.6. The van der Waals surface area contributed by atoms with Crippen molar-refractivity contribution in [3.63, 3.8) is 0 Å². The van der Waals surface area contributed by atoms with Gasteiger partial charge >= 0.3 is 0 Å². The summed E-state index contributed by atoms with van der Waals surface area (Å²) in [5.74, 6) is -0.334. The molecule has 0 saturated carbocycles. The van der Waals surface area contributed by atoms with Crippen molar-refractivity contribution in [2.45, 2.75) is 12.8 Å². The maximum atomic E-state index is 12.8. The number of benzene rings is 2. The monoisotopic (exact) mass is 354 g/mol. The molecule has 0 aliphatic rings. The van der Waals surface area contributed by atoms with Crippen molar-refractivity contribution < 1.29 is 9.18 Å². The summed E-state index contributed by atoms with van der Waals surface area (Å²) >= 11 is 11.9. The van der Waals surface area contributed by atoms with E-state index >= 15 is 0 Å². The Labute approximate surface area is 144 Å². The largest absolute Gasteiger partial charge is 0.385 e. The number of carbonyl (C=O) groups is 1. The first-order valence-corrected chi connectivity index (χ1v) is 8.00. The van der Waals surface area contributed by atoms with E-state index in [2.05, 4.69) is 10.6 Å². The van der Waals surface area contributed by atoms with Crippen LogP contribution >= 0.6 is 23.2 Å². The Balaban J connectivity index is 1.66. The van der Waals surface area contributed by atoms with Gasteiger partial charge in [0, 0.05) is 35.2 Å².